The van der Waals surface area contributed by atoms with Gasteiger partial charge in [0.05, 0.1) is 28.5 Å². The second-order valence-electron chi connectivity index (χ2n) is 14.5. The van der Waals surface area contributed by atoms with Gasteiger partial charge >= 0.3 is 5.97 Å². The van der Waals surface area contributed by atoms with Gasteiger partial charge in [0, 0.05) is 90.9 Å². The zero-order valence-electron chi connectivity index (χ0n) is 30.7. The monoisotopic (exact) mass is 752 g/mol. The molecule has 276 valence electrons. The van der Waals surface area contributed by atoms with E-state index >= 15 is 0 Å². The van der Waals surface area contributed by atoms with E-state index in [4.69, 9.17) is 31.3 Å². The molecule has 0 unspecified atom stereocenters. The van der Waals surface area contributed by atoms with Crippen molar-refractivity contribution in [1.82, 2.24) is 29.0 Å². The number of benzene rings is 3. The Morgan fingerprint density at radius 2 is 1.79 bits per heavy atom. The van der Waals surface area contributed by atoms with Crippen molar-refractivity contribution >= 4 is 51.0 Å². The van der Waals surface area contributed by atoms with Crippen molar-refractivity contribution in [2.45, 2.75) is 62.9 Å². The van der Waals surface area contributed by atoms with Crippen LogP contribution in [0.1, 0.15) is 58.1 Å². The summed E-state index contributed by atoms with van der Waals surface area (Å²) >= 11 is 8.95. The van der Waals surface area contributed by atoms with Gasteiger partial charge in [0.2, 0.25) is 0 Å². The number of thioether (sulfide) groups is 1. The van der Waals surface area contributed by atoms with E-state index < -0.39 is 5.97 Å². The predicted molar refractivity (Wildman–Crippen MR) is 210 cm³/mol. The third-order valence-electron chi connectivity index (χ3n) is 10.8. The summed E-state index contributed by atoms with van der Waals surface area (Å²) in [6.45, 7) is 6.06. The fourth-order valence-corrected chi connectivity index (χ4v) is 9.40. The molecule has 0 amide bonds. The second kappa shape index (κ2) is 14.9. The van der Waals surface area contributed by atoms with Crippen LogP contribution in [-0.2, 0) is 50.6 Å². The largest absolute Gasteiger partial charge is 0.493 e. The van der Waals surface area contributed by atoms with Crippen LogP contribution < -0.4 is 4.74 Å². The first-order valence-electron chi connectivity index (χ1n) is 18.3. The number of fused-ring (bicyclic) bond motifs is 8. The quantitative estimate of drug-likeness (QED) is 0.193. The maximum absolute atomic E-state index is 13.0. The maximum Gasteiger partial charge on any atom is 0.352 e. The molecule has 10 nitrogen and oxygen atoms in total. The second-order valence-corrected chi connectivity index (χ2v) is 15.9. The zero-order chi connectivity index (χ0) is 36.8. The SMILES string of the molecule is Cc1c2c(nn1CC1CCOCC1)CN(C)Cc1cc(n(C)n1)CSc1cc(c3ccccc3c1)OCCCc1c(C(=O)O)n(C)c3c-2c(Cl)ccc13. The topological polar surface area (TPSA) is 99.6 Å². The number of hydrogen-bond donors (Lipinski definition) is 1. The van der Waals surface area contributed by atoms with Gasteiger partial charge in [0.15, 0.2) is 0 Å². The number of aromatic nitrogens is 5. The van der Waals surface area contributed by atoms with Crippen LogP contribution in [0.15, 0.2) is 59.5 Å². The first-order valence-corrected chi connectivity index (χ1v) is 19.7. The lowest BCUT2D eigenvalue weighted by Gasteiger charge is -2.22. The summed E-state index contributed by atoms with van der Waals surface area (Å²) in [6.07, 6.45) is 3.16. The van der Waals surface area contributed by atoms with Crippen LogP contribution in [0.5, 0.6) is 5.75 Å². The summed E-state index contributed by atoms with van der Waals surface area (Å²) in [7, 11) is 5.94. The molecule has 1 saturated heterocycles. The molecule has 3 aromatic heterocycles. The molecule has 8 bridgehead atoms. The Bertz CT molecular complexity index is 2340. The minimum Gasteiger partial charge on any atom is -0.493 e. The van der Waals surface area contributed by atoms with Gasteiger partial charge in [-0.15, -0.1) is 11.8 Å². The number of rotatable bonds is 3. The summed E-state index contributed by atoms with van der Waals surface area (Å²) in [6, 6.07) is 18.7. The van der Waals surface area contributed by atoms with Crippen LogP contribution in [0.4, 0.5) is 0 Å². The van der Waals surface area contributed by atoms with E-state index in [0.29, 0.717) is 43.5 Å². The van der Waals surface area contributed by atoms with Crippen molar-refractivity contribution in [3.05, 3.63) is 93.7 Å². The minimum absolute atomic E-state index is 0.270. The maximum atomic E-state index is 13.0. The van der Waals surface area contributed by atoms with E-state index in [1.165, 1.54) is 0 Å². The molecule has 8 rings (SSSR count). The van der Waals surface area contributed by atoms with Crippen molar-refractivity contribution in [2.75, 3.05) is 26.9 Å². The van der Waals surface area contributed by atoms with Crippen LogP contribution >= 0.6 is 23.4 Å². The number of aromatic carboxylic acids is 1. The van der Waals surface area contributed by atoms with Gasteiger partial charge in [-0.3, -0.25) is 14.3 Å². The molecular formula is C41H45ClN6O4S. The number of hydrogen-bond acceptors (Lipinski definition) is 7. The number of nitrogens with zero attached hydrogens (tertiary/aromatic N) is 6. The van der Waals surface area contributed by atoms with Crippen molar-refractivity contribution in [2.24, 2.45) is 20.0 Å². The molecule has 2 aliphatic heterocycles. The number of carbonyl (C=O) groups is 1. The summed E-state index contributed by atoms with van der Waals surface area (Å²) in [5.74, 6) is 1.09. The number of carboxylic acid groups (broad SMARTS) is 1. The molecule has 2 aliphatic rings. The highest BCUT2D eigenvalue weighted by atomic mass is 35.5. The van der Waals surface area contributed by atoms with Gasteiger partial charge in [-0.2, -0.15) is 10.2 Å². The Hall–Kier alpha value is -4.29. The van der Waals surface area contributed by atoms with Crippen LogP contribution in [0, 0.1) is 12.8 Å². The Labute approximate surface area is 318 Å². The predicted octanol–water partition coefficient (Wildman–Crippen LogP) is 8.26. The van der Waals surface area contributed by atoms with Crippen LogP contribution in [-0.4, -0.2) is 67.0 Å². The van der Waals surface area contributed by atoms with Crippen LogP contribution in [0.3, 0.4) is 0 Å². The molecular weight excluding hydrogens is 708 g/mol. The number of ether oxygens (including phenoxy) is 2. The highest BCUT2D eigenvalue weighted by Crippen LogP contribution is 2.43. The van der Waals surface area contributed by atoms with E-state index in [2.05, 4.69) is 53.9 Å². The molecule has 1 fully saturated rings. The van der Waals surface area contributed by atoms with E-state index in [-0.39, 0.29) is 5.69 Å². The molecule has 0 saturated carbocycles. The van der Waals surface area contributed by atoms with Crippen molar-refractivity contribution in [3.8, 4) is 16.9 Å². The lowest BCUT2D eigenvalue weighted by Crippen LogP contribution is -2.22. The first-order chi connectivity index (χ1) is 25.7. The molecule has 0 atom stereocenters. The lowest BCUT2D eigenvalue weighted by atomic mass is 9.97. The van der Waals surface area contributed by atoms with Gasteiger partial charge in [-0.25, -0.2) is 4.79 Å². The molecule has 0 aliphatic carbocycles. The highest BCUT2D eigenvalue weighted by Gasteiger charge is 2.29. The standard InChI is InChI=1S/C41H45ClN6O4S/c1-25-37-35(44-48(25)21-26-13-16-51-17-14-26)23-45(2)22-28-19-29(47(4)43-28)24-53-30-18-27-8-5-6-9-31(27)36(20-30)52-15-7-10-32-33-11-12-34(42)38(37)39(33)46(3)40(32)41(49)50/h5-6,8-9,11-12,18-20,26H,7,10,13-17,21-24H2,1-4H3,(H,49,50). The number of halogens is 1. The van der Waals surface area contributed by atoms with E-state index in [1.54, 1.807) is 11.8 Å². The summed E-state index contributed by atoms with van der Waals surface area (Å²) in [5.41, 5.74) is 7.69. The molecule has 12 heteroatoms. The van der Waals surface area contributed by atoms with Crippen LogP contribution in [0.2, 0.25) is 5.02 Å². The first kappa shape index (κ1) is 35.7. The smallest absolute Gasteiger partial charge is 0.352 e. The van der Waals surface area contributed by atoms with Gasteiger partial charge in [0.25, 0.3) is 0 Å². The lowest BCUT2D eigenvalue weighted by molar-refractivity contribution is 0.0599. The summed E-state index contributed by atoms with van der Waals surface area (Å²) < 4.78 is 18.1. The van der Waals surface area contributed by atoms with Crippen molar-refractivity contribution in [1.29, 1.82) is 0 Å². The van der Waals surface area contributed by atoms with E-state index in [1.807, 2.05) is 47.6 Å². The summed E-state index contributed by atoms with van der Waals surface area (Å²) in [5, 5.41) is 24.4. The molecule has 0 spiro atoms. The Morgan fingerprint density at radius 1 is 0.981 bits per heavy atom. The van der Waals surface area contributed by atoms with Gasteiger partial charge < -0.3 is 19.1 Å². The van der Waals surface area contributed by atoms with Gasteiger partial charge in [-0.05, 0) is 80.8 Å². The minimum atomic E-state index is -0.964. The normalized spacial score (nSPS) is 16.5. The van der Waals surface area contributed by atoms with Crippen molar-refractivity contribution < 1.29 is 19.4 Å². The third kappa shape index (κ3) is 6.96. The molecule has 0 radical (unpaired) electrons. The zero-order valence-corrected chi connectivity index (χ0v) is 32.3. The average molecular weight is 753 g/mol. The van der Waals surface area contributed by atoms with E-state index in [9.17, 15) is 9.90 Å². The molecule has 6 aromatic rings. The highest BCUT2D eigenvalue weighted by molar-refractivity contribution is 7.98. The van der Waals surface area contributed by atoms with Crippen LogP contribution in [0.25, 0.3) is 32.8 Å². The average Bonchev–Trinajstić information content (AvgIpc) is 3.74. The van der Waals surface area contributed by atoms with E-state index in [0.717, 1.165) is 110 Å². The number of carboxylic acids is 1. The fourth-order valence-electron chi connectivity index (χ4n) is 8.17. The number of aryl methyl sites for hydroxylation is 3. The molecule has 3 aromatic carbocycles. The molecule has 53 heavy (non-hydrogen) atoms. The molecule has 5 heterocycles. The summed E-state index contributed by atoms with van der Waals surface area (Å²) in [4.78, 5) is 16.3. The Kier molecular flexibility index (Phi) is 10.0. The Morgan fingerprint density at radius 3 is 2.60 bits per heavy atom. The Balaban J connectivity index is 1.26. The molecule has 1 N–H and O–H groups in total. The van der Waals surface area contributed by atoms with Gasteiger partial charge in [-0.1, -0.05) is 41.9 Å². The van der Waals surface area contributed by atoms with Gasteiger partial charge in [0.1, 0.15) is 11.4 Å². The third-order valence-corrected chi connectivity index (χ3v) is 12.1. The van der Waals surface area contributed by atoms with Crippen molar-refractivity contribution in [3.63, 3.8) is 0 Å². The fraction of sp³-hybridized carbons (Fsp3) is 0.390.